The predicted molar refractivity (Wildman–Crippen MR) is 202 cm³/mol. The van der Waals surface area contributed by atoms with Crippen LogP contribution in [0, 0.1) is 0 Å². The summed E-state index contributed by atoms with van der Waals surface area (Å²) in [6.45, 7) is 0. The van der Waals surface area contributed by atoms with Crippen molar-refractivity contribution in [3.8, 4) is 33.4 Å². The zero-order valence-electron chi connectivity index (χ0n) is 26.3. The van der Waals surface area contributed by atoms with Gasteiger partial charge in [-0.3, -0.25) is 0 Å². The van der Waals surface area contributed by atoms with Crippen LogP contribution in [0.25, 0.3) is 66.1 Å². The van der Waals surface area contributed by atoms with E-state index in [0.29, 0.717) is 0 Å². The Balaban J connectivity index is 1.17. The SMILES string of the molecule is c1ccc(-c2ccc(-c3cc4c5ccc(N(c6ccccc6)c6ccc(-c7ccccc7)cc6)cc5oc4c4ccccc34)cc2)cc1. The first-order chi connectivity index (χ1) is 23.8. The molecule has 0 N–H and O–H groups in total. The van der Waals surface area contributed by atoms with E-state index in [0.717, 1.165) is 44.4 Å². The Morgan fingerprint density at radius 3 is 1.44 bits per heavy atom. The molecular formula is C46H31NO. The molecule has 0 aliphatic heterocycles. The number of hydrogen-bond acceptors (Lipinski definition) is 2. The summed E-state index contributed by atoms with van der Waals surface area (Å²) in [4.78, 5) is 2.29. The number of anilines is 3. The zero-order valence-corrected chi connectivity index (χ0v) is 26.3. The van der Waals surface area contributed by atoms with Crippen LogP contribution >= 0.6 is 0 Å². The fraction of sp³-hybridized carbons (Fsp3) is 0. The van der Waals surface area contributed by atoms with Gasteiger partial charge in [0.1, 0.15) is 11.2 Å². The molecule has 9 aromatic rings. The lowest BCUT2D eigenvalue weighted by Crippen LogP contribution is -2.09. The molecule has 0 amide bonds. The third kappa shape index (κ3) is 4.92. The summed E-state index contributed by atoms with van der Waals surface area (Å²) in [6.07, 6.45) is 0. The third-order valence-corrected chi connectivity index (χ3v) is 9.27. The highest BCUT2D eigenvalue weighted by molar-refractivity contribution is 6.19. The van der Waals surface area contributed by atoms with E-state index in [1.807, 2.05) is 0 Å². The maximum absolute atomic E-state index is 6.75. The van der Waals surface area contributed by atoms with Gasteiger partial charge < -0.3 is 9.32 Å². The van der Waals surface area contributed by atoms with Crippen LogP contribution in [0.2, 0.25) is 0 Å². The third-order valence-electron chi connectivity index (χ3n) is 9.27. The molecule has 8 aromatic carbocycles. The van der Waals surface area contributed by atoms with Crippen molar-refractivity contribution in [2.45, 2.75) is 0 Å². The first kappa shape index (κ1) is 27.9. The molecule has 226 valence electrons. The molecule has 0 unspecified atom stereocenters. The molecule has 0 radical (unpaired) electrons. The van der Waals surface area contributed by atoms with Gasteiger partial charge in [-0.1, -0.05) is 140 Å². The van der Waals surface area contributed by atoms with Crippen molar-refractivity contribution in [2.24, 2.45) is 0 Å². The summed E-state index contributed by atoms with van der Waals surface area (Å²) in [6, 6.07) is 66.7. The van der Waals surface area contributed by atoms with Crippen LogP contribution in [0.4, 0.5) is 17.1 Å². The number of para-hydroxylation sites is 1. The zero-order chi connectivity index (χ0) is 31.9. The monoisotopic (exact) mass is 613 g/mol. The van der Waals surface area contributed by atoms with Gasteiger partial charge in [-0.2, -0.15) is 0 Å². The van der Waals surface area contributed by atoms with Crippen LogP contribution in [0.3, 0.4) is 0 Å². The highest BCUT2D eigenvalue weighted by Gasteiger charge is 2.18. The number of rotatable bonds is 6. The van der Waals surface area contributed by atoms with Gasteiger partial charge in [0.2, 0.25) is 0 Å². The molecule has 1 aromatic heterocycles. The first-order valence-corrected chi connectivity index (χ1v) is 16.3. The molecule has 0 fully saturated rings. The van der Waals surface area contributed by atoms with Crippen molar-refractivity contribution in [2.75, 3.05) is 4.90 Å². The fourth-order valence-electron chi connectivity index (χ4n) is 6.90. The van der Waals surface area contributed by atoms with E-state index < -0.39 is 0 Å². The lowest BCUT2D eigenvalue weighted by Gasteiger charge is -2.25. The molecule has 0 saturated carbocycles. The molecule has 48 heavy (non-hydrogen) atoms. The van der Waals surface area contributed by atoms with Crippen molar-refractivity contribution in [3.05, 3.63) is 188 Å². The Morgan fingerprint density at radius 1 is 0.312 bits per heavy atom. The van der Waals surface area contributed by atoms with E-state index in [1.165, 1.54) is 38.8 Å². The molecule has 0 bridgehead atoms. The van der Waals surface area contributed by atoms with Crippen LogP contribution in [0.1, 0.15) is 0 Å². The average Bonchev–Trinajstić information content (AvgIpc) is 3.54. The molecule has 0 atom stereocenters. The average molecular weight is 614 g/mol. The van der Waals surface area contributed by atoms with Gasteiger partial charge in [0.25, 0.3) is 0 Å². The van der Waals surface area contributed by atoms with Crippen LogP contribution in [-0.4, -0.2) is 0 Å². The van der Waals surface area contributed by atoms with E-state index in [2.05, 4.69) is 193 Å². The molecule has 1 heterocycles. The first-order valence-electron chi connectivity index (χ1n) is 16.3. The smallest absolute Gasteiger partial charge is 0.143 e. The van der Waals surface area contributed by atoms with Gasteiger partial charge in [0, 0.05) is 39.3 Å². The Labute approximate surface area is 279 Å². The van der Waals surface area contributed by atoms with Crippen LogP contribution in [0.15, 0.2) is 192 Å². The van der Waals surface area contributed by atoms with E-state index in [4.69, 9.17) is 4.42 Å². The standard InChI is InChI=1S/C46H31NO/c1-4-12-32(13-5-1)34-20-22-36(23-21-34)43-31-44-41-29-28-39(30-45(41)48-46(44)42-19-11-10-18-40(42)43)47(37-16-8-3-9-17-37)38-26-24-35(25-27-38)33-14-6-2-7-15-33/h1-31H. The topological polar surface area (TPSA) is 16.4 Å². The van der Waals surface area contributed by atoms with Crippen molar-refractivity contribution in [1.29, 1.82) is 0 Å². The summed E-state index contributed by atoms with van der Waals surface area (Å²) in [5.41, 5.74) is 12.2. The van der Waals surface area contributed by atoms with E-state index in [9.17, 15) is 0 Å². The summed E-state index contributed by atoms with van der Waals surface area (Å²) in [5, 5.41) is 4.53. The summed E-state index contributed by atoms with van der Waals surface area (Å²) < 4.78 is 6.75. The maximum atomic E-state index is 6.75. The summed E-state index contributed by atoms with van der Waals surface area (Å²) in [5.74, 6) is 0. The van der Waals surface area contributed by atoms with Gasteiger partial charge in [-0.15, -0.1) is 0 Å². The second kappa shape index (κ2) is 11.8. The number of benzene rings is 8. The molecule has 2 heteroatoms. The molecule has 0 aliphatic carbocycles. The summed E-state index contributed by atoms with van der Waals surface area (Å²) in [7, 11) is 0. The second-order valence-corrected chi connectivity index (χ2v) is 12.2. The highest BCUT2D eigenvalue weighted by Crippen LogP contribution is 2.43. The quantitative estimate of drug-likeness (QED) is 0.185. The van der Waals surface area contributed by atoms with Gasteiger partial charge in [0.15, 0.2) is 0 Å². The molecular weight excluding hydrogens is 583 g/mol. The summed E-state index contributed by atoms with van der Waals surface area (Å²) >= 11 is 0. The van der Waals surface area contributed by atoms with Crippen LogP contribution in [0.5, 0.6) is 0 Å². The lowest BCUT2D eigenvalue weighted by molar-refractivity contribution is 0.673. The Kier molecular flexibility index (Phi) is 6.84. The molecule has 0 aliphatic rings. The minimum atomic E-state index is 0.867. The molecule has 9 rings (SSSR count). The van der Waals surface area contributed by atoms with Crippen molar-refractivity contribution in [1.82, 2.24) is 0 Å². The van der Waals surface area contributed by atoms with Crippen molar-refractivity contribution < 1.29 is 4.42 Å². The maximum Gasteiger partial charge on any atom is 0.143 e. The Hall–Kier alpha value is -6.38. The Morgan fingerprint density at radius 2 is 0.792 bits per heavy atom. The highest BCUT2D eigenvalue weighted by atomic mass is 16.3. The second-order valence-electron chi connectivity index (χ2n) is 12.2. The van der Waals surface area contributed by atoms with E-state index in [1.54, 1.807) is 0 Å². The number of fused-ring (bicyclic) bond motifs is 5. The number of furan rings is 1. The number of nitrogens with zero attached hydrogens (tertiary/aromatic N) is 1. The lowest BCUT2D eigenvalue weighted by atomic mass is 9.94. The van der Waals surface area contributed by atoms with E-state index >= 15 is 0 Å². The van der Waals surface area contributed by atoms with Crippen molar-refractivity contribution >= 4 is 49.8 Å². The Bertz CT molecular complexity index is 2520. The molecule has 2 nitrogen and oxygen atoms in total. The van der Waals surface area contributed by atoms with Crippen LogP contribution in [-0.2, 0) is 0 Å². The van der Waals surface area contributed by atoms with Gasteiger partial charge >= 0.3 is 0 Å². The molecule has 0 spiro atoms. The fourth-order valence-corrected chi connectivity index (χ4v) is 6.90. The molecule has 0 saturated heterocycles. The minimum Gasteiger partial charge on any atom is -0.455 e. The minimum absolute atomic E-state index is 0.867. The predicted octanol–water partition coefficient (Wildman–Crippen LogP) is 13.2. The number of hydrogen-bond donors (Lipinski definition) is 0. The van der Waals surface area contributed by atoms with Gasteiger partial charge in [-0.25, -0.2) is 0 Å². The normalized spacial score (nSPS) is 11.3. The largest absolute Gasteiger partial charge is 0.455 e. The van der Waals surface area contributed by atoms with E-state index in [-0.39, 0.29) is 0 Å². The van der Waals surface area contributed by atoms with Crippen molar-refractivity contribution in [3.63, 3.8) is 0 Å². The van der Waals surface area contributed by atoms with Gasteiger partial charge in [0.05, 0.1) is 0 Å². The van der Waals surface area contributed by atoms with Crippen LogP contribution < -0.4 is 4.90 Å². The van der Waals surface area contributed by atoms with Gasteiger partial charge in [-0.05, 0) is 81.2 Å².